The largest absolute Gasteiger partial charge is 0.353 e. The molecule has 0 amide bonds. The minimum absolute atomic E-state index is 0.209. The predicted molar refractivity (Wildman–Crippen MR) is 95.3 cm³/mol. The van der Waals surface area contributed by atoms with Crippen LogP contribution in [0.3, 0.4) is 0 Å². The minimum Gasteiger partial charge on any atom is -0.324 e. The van der Waals surface area contributed by atoms with Crippen LogP contribution in [-0.2, 0) is 14.2 Å². The summed E-state index contributed by atoms with van der Waals surface area (Å²) in [7, 11) is 2.71. The van der Waals surface area contributed by atoms with Crippen molar-refractivity contribution in [1.29, 1.82) is 0 Å². The predicted octanol–water partition coefficient (Wildman–Crippen LogP) is 3.20. The number of benzene rings is 1. The van der Waals surface area contributed by atoms with Crippen molar-refractivity contribution in [1.82, 2.24) is 15.0 Å². The second-order valence-electron chi connectivity index (χ2n) is 5.72. The van der Waals surface area contributed by atoms with Gasteiger partial charge in [0.25, 0.3) is 5.78 Å². The highest BCUT2D eigenvalue weighted by Gasteiger charge is 2.46. The second-order valence-corrected chi connectivity index (χ2v) is 6.47. The molecule has 0 radical (unpaired) electrons. The minimum atomic E-state index is -1.87. The smallest absolute Gasteiger partial charge is 0.324 e. The number of hydrogen-bond acceptors (Lipinski definition) is 6. The maximum Gasteiger partial charge on any atom is 0.353 e. The van der Waals surface area contributed by atoms with Gasteiger partial charge < -0.3 is 14.2 Å². The van der Waals surface area contributed by atoms with Crippen molar-refractivity contribution in [2.45, 2.75) is 38.9 Å². The number of Topliss-reactive ketones (excluding diaryl/α,β-unsaturated/α-hetero) is 1. The summed E-state index contributed by atoms with van der Waals surface area (Å²) in [4.78, 5) is 13.2. The Balaban J connectivity index is 2.48. The summed E-state index contributed by atoms with van der Waals surface area (Å²) in [6.45, 7) is 5.51. The van der Waals surface area contributed by atoms with Crippen LogP contribution in [0.4, 0.5) is 0 Å². The average molecular weight is 412 g/mol. The zero-order valence-electron chi connectivity index (χ0n) is 14.9. The van der Waals surface area contributed by atoms with Crippen LogP contribution in [0, 0.1) is 0 Å². The van der Waals surface area contributed by atoms with Crippen LogP contribution in [0.25, 0.3) is 0 Å². The molecule has 2 aromatic rings. The summed E-state index contributed by atoms with van der Waals surface area (Å²) in [6, 6.07) is 9.48. The molecule has 1 heterocycles. The zero-order chi connectivity index (χ0) is 18.6. The van der Waals surface area contributed by atoms with Crippen LogP contribution < -0.4 is 0 Å². The van der Waals surface area contributed by atoms with E-state index in [9.17, 15) is 4.79 Å². The fourth-order valence-corrected chi connectivity index (χ4v) is 2.92. The van der Waals surface area contributed by atoms with E-state index in [1.807, 2.05) is 37.3 Å². The molecule has 0 N–H and O–H groups in total. The summed E-state index contributed by atoms with van der Waals surface area (Å²) < 4.78 is 18.0. The van der Waals surface area contributed by atoms with E-state index in [0.29, 0.717) is 4.60 Å². The maximum absolute atomic E-state index is 13.2. The SMILES string of the molecule is COC(OC)(OC(C)C)C(=O)c1c(Br)nnn1[C@H](C)c1ccccc1. The van der Waals surface area contributed by atoms with E-state index < -0.39 is 11.8 Å². The summed E-state index contributed by atoms with van der Waals surface area (Å²) in [5, 5.41) is 8.09. The Morgan fingerprint density at radius 3 is 2.28 bits per heavy atom. The summed E-state index contributed by atoms with van der Waals surface area (Å²) >= 11 is 3.29. The lowest BCUT2D eigenvalue weighted by Gasteiger charge is -2.30. The number of ketones is 1. The third-order valence-corrected chi connectivity index (χ3v) is 4.26. The first-order chi connectivity index (χ1) is 11.9. The number of hydrogen-bond donors (Lipinski definition) is 0. The first-order valence-corrected chi connectivity index (χ1v) is 8.64. The molecule has 0 aliphatic heterocycles. The van der Waals surface area contributed by atoms with E-state index in [1.54, 1.807) is 13.8 Å². The molecule has 2 rings (SSSR count). The molecular formula is C17H22BrN3O4. The number of carbonyl (C=O) groups excluding carboxylic acids is 1. The Morgan fingerprint density at radius 2 is 1.76 bits per heavy atom. The van der Waals surface area contributed by atoms with E-state index >= 15 is 0 Å². The first kappa shape index (κ1) is 19.7. The molecular weight excluding hydrogens is 390 g/mol. The Hall–Kier alpha value is -1.61. The van der Waals surface area contributed by atoms with Crippen LogP contribution in [0.2, 0.25) is 0 Å². The summed E-state index contributed by atoms with van der Waals surface area (Å²) in [5.41, 5.74) is 1.19. The van der Waals surface area contributed by atoms with Crippen molar-refractivity contribution >= 4 is 21.7 Å². The van der Waals surface area contributed by atoms with Gasteiger partial charge in [0.2, 0.25) is 0 Å². The molecule has 0 unspecified atom stereocenters. The highest BCUT2D eigenvalue weighted by Crippen LogP contribution is 2.29. The Kier molecular flexibility index (Phi) is 6.45. The average Bonchev–Trinajstić information content (AvgIpc) is 3.00. The molecule has 0 aliphatic rings. The van der Waals surface area contributed by atoms with E-state index in [1.165, 1.54) is 18.9 Å². The maximum atomic E-state index is 13.2. The standard InChI is InChI=1S/C17H22BrN3O4/c1-11(2)25-17(23-4,24-5)15(22)14-16(18)19-20-21(14)12(3)13-9-7-6-8-10-13/h6-12H,1-5H3/t12-/m1/s1. The molecule has 0 saturated carbocycles. The lowest BCUT2D eigenvalue weighted by Crippen LogP contribution is -2.48. The molecule has 1 aromatic heterocycles. The van der Waals surface area contributed by atoms with Crippen molar-refractivity contribution in [2.75, 3.05) is 14.2 Å². The zero-order valence-corrected chi connectivity index (χ0v) is 16.5. The van der Waals surface area contributed by atoms with Gasteiger partial charge in [-0.2, -0.15) is 0 Å². The quantitative estimate of drug-likeness (QED) is 0.490. The molecule has 1 atom stereocenters. The normalized spacial score (nSPS) is 13.2. The third kappa shape index (κ3) is 3.98. The van der Waals surface area contributed by atoms with Gasteiger partial charge in [-0.05, 0) is 42.3 Å². The lowest BCUT2D eigenvalue weighted by molar-refractivity contribution is -0.335. The topological polar surface area (TPSA) is 75.5 Å². The molecule has 1 aromatic carbocycles. The molecule has 0 saturated heterocycles. The molecule has 8 heteroatoms. The molecule has 0 spiro atoms. The number of nitrogens with zero attached hydrogens (tertiary/aromatic N) is 3. The molecule has 25 heavy (non-hydrogen) atoms. The molecule has 7 nitrogen and oxygen atoms in total. The van der Waals surface area contributed by atoms with Crippen LogP contribution in [0.1, 0.15) is 42.9 Å². The van der Waals surface area contributed by atoms with Crippen molar-refractivity contribution in [3.63, 3.8) is 0 Å². The van der Waals surface area contributed by atoms with Gasteiger partial charge in [-0.25, -0.2) is 4.68 Å². The Labute approximate surface area is 155 Å². The van der Waals surface area contributed by atoms with Gasteiger partial charge in [0, 0.05) is 14.2 Å². The lowest BCUT2D eigenvalue weighted by atomic mass is 10.1. The van der Waals surface area contributed by atoms with Gasteiger partial charge in [0.05, 0.1) is 12.1 Å². The molecule has 0 fully saturated rings. The third-order valence-electron chi connectivity index (χ3n) is 3.72. The fraction of sp³-hybridized carbons (Fsp3) is 0.471. The number of aromatic nitrogens is 3. The number of carbonyl (C=O) groups is 1. The molecule has 136 valence electrons. The van der Waals surface area contributed by atoms with Gasteiger partial charge in [-0.3, -0.25) is 4.79 Å². The van der Waals surface area contributed by atoms with Crippen LogP contribution in [0.15, 0.2) is 34.9 Å². The van der Waals surface area contributed by atoms with Gasteiger partial charge >= 0.3 is 5.97 Å². The van der Waals surface area contributed by atoms with Gasteiger partial charge in [0.1, 0.15) is 5.69 Å². The number of halogens is 1. The van der Waals surface area contributed by atoms with E-state index in [2.05, 4.69) is 26.2 Å². The Bertz CT molecular complexity index is 714. The van der Waals surface area contributed by atoms with Crippen molar-refractivity contribution < 1.29 is 19.0 Å². The summed E-state index contributed by atoms with van der Waals surface area (Å²) in [5.74, 6) is -2.39. The van der Waals surface area contributed by atoms with Gasteiger partial charge in [0.15, 0.2) is 4.60 Å². The highest BCUT2D eigenvalue weighted by molar-refractivity contribution is 9.10. The van der Waals surface area contributed by atoms with E-state index in [0.717, 1.165) is 5.56 Å². The summed E-state index contributed by atoms with van der Waals surface area (Å²) in [6.07, 6.45) is -0.293. The van der Waals surface area contributed by atoms with Gasteiger partial charge in [-0.15, -0.1) is 5.10 Å². The van der Waals surface area contributed by atoms with Gasteiger partial charge in [-0.1, -0.05) is 35.5 Å². The van der Waals surface area contributed by atoms with E-state index in [-0.39, 0.29) is 17.8 Å². The van der Waals surface area contributed by atoms with Crippen molar-refractivity contribution in [3.8, 4) is 0 Å². The van der Waals surface area contributed by atoms with Crippen molar-refractivity contribution in [3.05, 3.63) is 46.2 Å². The molecule has 0 bridgehead atoms. The number of ether oxygens (including phenoxy) is 3. The van der Waals surface area contributed by atoms with Crippen molar-refractivity contribution in [2.24, 2.45) is 0 Å². The van der Waals surface area contributed by atoms with Crippen LogP contribution >= 0.6 is 15.9 Å². The highest BCUT2D eigenvalue weighted by atomic mass is 79.9. The van der Waals surface area contributed by atoms with E-state index in [4.69, 9.17) is 14.2 Å². The monoisotopic (exact) mass is 411 g/mol. The van der Waals surface area contributed by atoms with Crippen LogP contribution in [-0.4, -0.2) is 47.1 Å². The fourth-order valence-electron chi connectivity index (χ4n) is 2.49. The number of methoxy groups -OCH3 is 2. The Morgan fingerprint density at radius 1 is 1.16 bits per heavy atom. The number of rotatable bonds is 8. The molecule has 0 aliphatic carbocycles. The first-order valence-electron chi connectivity index (χ1n) is 7.84. The second kappa shape index (κ2) is 8.18. The van der Waals surface area contributed by atoms with Crippen LogP contribution in [0.5, 0.6) is 0 Å².